The van der Waals surface area contributed by atoms with Crippen molar-refractivity contribution in [2.24, 2.45) is 0 Å². The first-order valence-electron chi connectivity index (χ1n) is 3.50. The van der Waals surface area contributed by atoms with Crippen molar-refractivity contribution in [3.63, 3.8) is 0 Å². The van der Waals surface area contributed by atoms with E-state index in [1.165, 1.54) is 22.6 Å². The maximum Gasteiger partial charge on any atom is 0.426 e. The summed E-state index contributed by atoms with van der Waals surface area (Å²) in [5.74, 6) is -3.14. The van der Waals surface area contributed by atoms with Crippen LogP contribution in [0.15, 0.2) is 10.2 Å². The van der Waals surface area contributed by atoms with E-state index in [1.54, 1.807) is 0 Å². The van der Waals surface area contributed by atoms with Crippen molar-refractivity contribution in [2.75, 3.05) is 5.75 Å². The van der Waals surface area contributed by atoms with E-state index >= 15 is 0 Å². The molecule has 0 aliphatic carbocycles. The van der Waals surface area contributed by atoms with Crippen molar-refractivity contribution in [1.29, 1.82) is 0 Å². The lowest BCUT2D eigenvalue weighted by atomic mass is 10.4. The fraction of sp³-hybridized carbons (Fsp3) is 0.500. The van der Waals surface area contributed by atoms with E-state index in [0.29, 0.717) is 0 Å². The van der Waals surface area contributed by atoms with E-state index in [2.05, 4.69) is 11.3 Å². The minimum Gasteiger partial charge on any atom is -0.448 e. The molecule has 0 aromatic rings. The topological polar surface area (TPSA) is 80.7 Å². The van der Waals surface area contributed by atoms with E-state index in [1.807, 2.05) is 0 Å². The molecule has 1 N–H and O–H groups in total. The lowest BCUT2D eigenvalue weighted by molar-refractivity contribution is -0.212. The fourth-order valence-corrected chi connectivity index (χ4v) is 1.35. The number of carbonyl (C=O) groups excluding carboxylic acids is 1. The predicted octanol–water partition coefficient (Wildman–Crippen LogP) is 1.30. The van der Waals surface area contributed by atoms with Crippen LogP contribution in [0.5, 0.6) is 0 Å². The third-order valence-corrected chi connectivity index (χ3v) is 2.36. The molecule has 0 radical (unpaired) electrons. The van der Waals surface area contributed by atoms with Crippen molar-refractivity contribution in [3.8, 4) is 0 Å². The number of ether oxygens (including phenoxy) is 1. The van der Waals surface area contributed by atoms with Crippen molar-refractivity contribution in [2.45, 2.75) is 12.3 Å². The van der Waals surface area contributed by atoms with Gasteiger partial charge in [-0.25, -0.2) is 4.79 Å². The molecule has 0 aliphatic rings. The standard InChI is InChI=1S/C6H6F3IO5S/c1-3(10)5(11)15-4(6(7,8)9)2-16(12,13)14/h4H,1-2H2,(H,12,13,14). The first kappa shape index (κ1) is 15.6. The maximum atomic E-state index is 12.2. The van der Waals surface area contributed by atoms with Crippen molar-refractivity contribution in [1.82, 2.24) is 0 Å². The predicted molar refractivity (Wildman–Crippen MR) is 55.5 cm³/mol. The molecule has 1 unspecified atom stereocenters. The Labute approximate surface area is 103 Å². The number of hydrogen-bond acceptors (Lipinski definition) is 4. The van der Waals surface area contributed by atoms with Crippen LogP contribution >= 0.6 is 22.6 Å². The Morgan fingerprint density at radius 3 is 2.19 bits per heavy atom. The third kappa shape index (κ3) is 6.27. The zero-order valence-electron chi connectivity index (χ0n) is 7.49. The van der Waals surface area contributed by atoms with Gasteiger partial charge < -0.3 is 4.74 Å². The van der Waals surface area contributed by atoms with Crippen LogP contribution in [0, 0.1) is 0 Å². The summed E-state index contributed by atoms with van der Waals surface area (Å²) in [7, 11) is -4.91. The molecule has 0 heterocycles. The van der Waals surface area contributed by atoms with Crippen LogP contribution in [0.4, 0.5) is 13.2 Å². The Balaban J connectivity index is 4.85. The number of halogens is 4. The van der Waals surface area contributed by atoms with Gasteiger partial charge in [-0.05, 0) is 22.6 Å². The molecule has 0 aromatic carbocycles. The molecule has 0 aromatic heterocycles. The van der Waals surface area contributed by atoms with Crippen molar-refractivity contribution < 1.29 is 35.7 Å². The summed E-state index contributed by atoms with van der Waals surface area (Å²) < 4.78 is 68.9. The summed E-state index contributed by atoms with van der Waals surface area (Å²) in [4.78, 5) is 10.8. The van der Waals surface area contributed by atoms with E-state index in [-0.39, 0.29) is 3.58 Å². The number of carbonyl (C=O) groups is 1. The second-order valence-corrected chi connectivity index (χ2v) is 5.39. The lowest BCUT2D eigenvalue weighted by Gasteiger charge is -2.18. The Bertz CT molecular complexity index is 387. The Kier molecular flexibility index (Phi) is 5.19. The Morgan fingerprint density at radius 1 is 1.50 bits per heavy atom. The summed E-state index contributed by atoms with van der Waals surface area (Å²) in [5, 5.41) is 0. The molecule has 0 amide bonds. The molecule has 16 heavy (non-hydrogen) atoms. The highest BCUT2D eigenvalue weighted by atomic mass is 127. The Morgan fingerprint density at radius 2 is 1.94 bits per heavy atom. The summed E-state index contributed by atoms with van der Waals surface area (Å²) >= 11 is 1.32. The first-order chi connectivity index (χ1) is 6.93. The Hall–Kier alpha value is -0.360. The van der Waals surface area contributed by atoms with E-state index in [9.17, 15) is 26.4 Å². The van der Waals surface area contributed by atoms with Crippen LogP contribution < -0.4 is 0 Å². The summed E-state index contributed by atoms with van der Waals surface area (Å²) in [6.07, 6.45) is -8.00. The van der Waals surface area contributed by atoms with Crippen LogP contribution in [0.3, 0.4) is 0 Å². The summed E-state index contributed by atoms with van der Waals surface area (Å²) in [6.45, 7) is 3.02. The monoisotopic (exact) mass is 374 g/mol. The highest BCUT2D eigenvalue weighted by molar-refractivity contribution is 14.1. The van der Waals surface area contributed by atoms with Crippen LogP contribution in [-0.2, 0) is 19.6 Å². The largest absolute Gasteiger partial charge is 0.448 e. The summed E-state index contributed by atoms with van der Waals surface area (Å²) in [6, 6.07) is 0. The zero-order valence-corrected chi connectivity index (χ0v) is 10.5. The van der Waals surface area contributed by atoms with Crippen LogP contribution in [0.2, 0.25) is 0 Å². The van der Waals surface area contributed by atoms with E-state index in [0.717, 1.165) is 0 Å². The minimum atomic E-state index is -5.09. The smallest absolute Gasteiger partial charge is 0.426 e. The average molecular weight is 374 g/mol. The zero-order chi connectivity index (χ0) is 13.1. The van der Waals surface area contributed by atoms with Gasteiger partial charge in [0.2, 0.25) is 6.10 Å². The third-order valence-electron chi connectivity index (χ3n) is 1.20. The number of esters is 1. The van der Waals surface area contributed by atoms with Crippen LogP contribution in [-0.4, -0.2) is 37.0 Å². The molecule has 5 nitrogen and oxygen atoms in total. The van der Waals surface area contributed by atoms with Gasteiger partial charge in [0.1, 0.15) is 5.75 Å². The molecule has 1 atom stereocenters. The highest BCUT2D eigenvalue weighted by Gasteiger charge is 2.45. The molecule has 10 heteroatoms. The van der Waals surface area contributed by atoms with Crippen molar-refractivity contribution in [3.05, 3.63) is 10.2 Å². The molecule has 94 valence electrons. The van der Waals surface area contributed by atoms with Gasteiger partial charge in [0.05, 0.1) is 3.58 Å². The summed E-state index contributed by atoms with van der Waals surface area (Å²) in [5.41, 5.74) is 0. The highest BCUT2D eigenvalue weighted by Crippen LogP contribution is 2.25. The average Bonchev–Trinajstić information content (AvgIpc) is 1.98. The number of hydrogen-bond donors (Lipinski definition) is 1. The second-order valence-electron chi connectivity index (χ2n) is 2.59. The fourth-order valence-electron chi connectivity index (χ4n) is 0.580. The molecule has 0 fully saturated rings. The van der Waals surface area contributed by atoms with E-state index in [4.69, 9.17) is 4.55 Å². The van der Waals surface area contributed by atoms with Crippen molar-refractivity contribution >= 4 is 38.7 Å². The minimum absolute atomic E-state index is 0.345. The van der Waals surface area contributed by atoms with Gasteiger partial charge >= 0.3 is 12.1 Å². The lowest BCUT2D eigenvalue weighted by Crippen LogP contribution is -2.39. The van der Waals surface area contributed by atoms with Gasteiger partial charge in [0.15, 0.2) is 0 Å². The molecule has 0 bridgehead atoms. The normalized spacial score (nSPS) is 14.3. The number of rotatable bonds is 4. The molecule has 0 rings (SSSR count). The second kappa shape index (κ2) is 5.31. The van der Waals surface area contributed by atoms with Gasteiger partial charge in [-0.2, -0.15) is 21.6 Å². The molecular weight excluding hydrogens is 368 g/mol. The maximum absolute atomic E-state index is 12.2. The first-order valence-corrected chi connectivity index (χ1v) is 6.19. The number of alkyl halides is 3. The quantitative estimate of drug-likeness (QED) is 0.347. The SMILES string of the molecule is C=C(I)C(=O)OC(CS(=O)(=O)O)C(F)(F)F. The van der Waals surface area contributed by atoms with Crippen LogP contribution in [0.1, 0.15) is 0 Å². The molecule has 0 spiro atoms. The molecule has 0 saturated heterocycles. The molecular formula is C6H6F3IO5S. The van der Waals surface area contributed by atoms with Gasteiger partial charge in [0.25, 0.3) is 10.1 Å². The molecule has 0 aliphatic heterocycles. The van der Waals surface area contributed by atoms with Crippen LogP contribution in [0.25, 0.3) is 0 Å². The van der Waals surface area contributed by atoms with E-state index < -0.39 is 34.1 Å². The van der Waals surface area contributed by atoms with Gasteiger partial charge in [0, 0.05) is 0 Å². The van der Waals surface area contributed by atoms with Gasteiger partial charge in [-0.15, -0.1) is 0 Å². The van der Waals surface area contributed by atoms with Gasteiger partial charge in [-0.1, -0.05) is 6.58 Å². The molecule has 0 saturated carbocycles. The van der Waals surface area contributed by atoms with Gasteiger partial charge in [-0.3, -0.25) is 4.55 Å².